The van der Waals surface area contributed by atoms with Gasteiger partial charge in [-0.1, -0.05) is 0 Å². The second-order valence-electron chi connectivity index (χ2n) is 7.55. The monoisotopic (exact) mass is 448 g/mol. The van der Waals surface area contributed by atoms with E-state index in [4.69, 9.17) is 5.11 Å². The van der Waals surface area contributed by atoms with Gasteiger partial charge in [-0.25, -0.2) is 0 Å². The summed E-state index contributed by atoms with van der Waals surface area (Å²) in [6.07, 6.45) is 0.619. The van der Waals surface area contributed by atoms with Gasteiger partial charge in [0.05, 0.1) is 32.8 Å². The smallest absolute Gasteiger partial charge is 0.317 e. The number of nitrogens with zero attached hydrogens (tertiary/aromatic N) is 4. The number of aliphatic hydroxyl groups is 1. The van der Waals surface area contributed by atoms with E-state index in [1.807, 2.05) is 0 Å². The maximum Gasteiger partial charge on any atom is 0.317 e. The molecule has 1 atom stereocenters. The number of hydrogen-bond acceptors (Lipinski definition) is 9. The lowest BCUT2D eigenvalue weighted by molar-refractivity contribution is -0.143. The molecule has 0 amide bonds. The second kappa shape index (κ2) is 13.9. The molecule has 1 heterocycles. The molecule has 1 fully saturated rings. The average Bonchev–Trinajstić information content (AvgIpc) is 2.62. The number of rotatable bonds is 10. The van der Waals surface area contributed by atoms with Gasteiger partial charge in [0, 0.05) is 45.4 Å². The van der Waals surface area contributed by atoms with Crippen LogP contribution in [0.4, 0.5) is 0 Å². The van der Waals surface area contributed by atoms with Crippen LogP contribution in [0, 0.1) is 0 Å². The molecule has 0 spiro atoms. The van der Waals surface area contributed by atoms with E-state index in [1.165, 1.54) is 4.90 Å². The molecule has 1 rings (SSSR count). The Bertz CT molecular complexity index is 619. The van der Waals surface area contributed by atoms with Crippen molar-refractivity contribution in [2.24, 2.45) is 0 Å². The molecule has 178 valence electrons. The fourth-order valence-corrected chi connectivity index (χ4v) is 3.64. The highest BCUT2D eigenvalue weighted by molar-refractivity contribution is 5.70. The molecule has 5 N–H and O–H groups in total. The fraction of sp³-hybridized carbons (Fsp3) is 0.778. The molecular weight excluding hydrogens is 416 g/mol. The number of aliphatic carboxylic acids is 4. The van der Waals surface area contributed by atoms with E-state index >= 15 is 0 Å². The molecule has 0 saturated carbocycles. The third-order valence-electron chi connectivity index (χ3n) is 4.93. The zero-order valence-electron chi connectivity index (χ0n) is 17.4. The van der Waals surface area contributed by atoms with Crippen LogP contribution in [0.5, 0.6) is 0 Å². The van der Waals surface area contributed by atoms with E-state index < -0.39 is 36.5 Å². The second-order valence-corrected chi connectivity index (χ2v) is 7.55. The number of hydrogen-bond donors (Lipinski definition) is 5. The Balaban J connectivity index is 3.18. The maximum atomic E-state index is 11.4. The van der Waals surface area contributed by atoms with Crippen molar-refractivity contribution in [3.8, 4) is 0 Å². The summed E-state index contributed by atoms with van der Waals surface area (Å²) >= 11 is 0. The van der Waals surface area contributed by atoms with Crippen molar-refractivity contribution in [3.63, 3.8) is 0 Å². The van der Waals surface area contributed by atoms with Gasteiger partial charge in [-0.05, 0) is 12.8 Å². The topological polar surface area (TPSA) is 182 Å². The largest absolute Gasteiger partial charge is 0.480 e. The molecule has 1 aliphatic heterocycles. The van der Waals surface area contributed by atoms with E-state index in [1.54, 1.807) is 14.7 Å². The quantitative estimate of drug-likeness (QED) is 0.240. The maximum absolute atomic E-state index is 11.4. The van der Waals surface area contributed by atoms with Gasteiger partial charge in [-0.2, -0.15) is 0 Å². The third kappa shape index (κ3) is 11.6. The first kappa shape index (κ1) is 26.7. The van der Waals surface area contributed by atoms with Gasteiger partial charge in [0.15, 0.2) is 0 Å². The molecular formula is C18H32N4O9. The van der Waals surface area contributed by atoms with Gasteiger partial charge >= 0.3 is 23.9 Å². The van der Waals surface area contributed by atoms with Crippen molar-refractivity contribution in [2.75, 3.05) is 72.2 Å². The minimum Gasteiger partial charge on any atom is -0.480 e. The number of carboxylic acids is 4. The van der Waals surface area contributed by atoms with Crippen molar-refractivity contribution in [1.82, 2.24) is 19.6 Å². The summed E-state index contributed by atoms with van der Waals surface area (Å²) in [5.74, 6) is -4.32. The Hall–Kier alpha value is -2.32. The van der Waals surface area contributed by atoms with E-state index in [0.29, 0.717) is 19.5 Å². The molecule has 0 aromatic heterocycles. The van der Waals surface area contributed by atoms with Crippen molar-refractivity contribution in [2.45, 2.75) is 18.9 Å². The Morgan fingerprint density at radius 1 is 0.677 bits per heavy atom. The predicted molar refractivity (Wildman–Crippen MR) is 107 cm³/mol. The minimum absolute atomic E-state index is 0.00308. The first-order chi connectivity index (χ1) is 14.6. The first-order valence-electron chi connectivity index (χ1n) is 9.99. The molecule has 0 radical (unpaired) electrons. The van der Waals surface area contributed by atoms with Crippen LogP contribution in [0.2, 0.25) is 0 Å². The Labute approximate surface area is 180 Å². The van der Waals surface area contributed by atoms with Gasteiger partial charge in [0.25, 0.3) is 0 Å². The Morgan fingerprint density at radius 3 is 1.71 bits per heavy atom. The van der Waals surface area contributed by atoms with Crippen molar-refractivity contribution in [1.29, 1.82) is 0 Å². The van der Waals surface area contributed by atoms with E-state index in [-0.39, 0.29) is 59.0 Å². The third-order valence-corrected chi connectivity index (χ3v) is 4.93. The van der Waals surface area contributed by atoms with Gasteiger partial charge in [0.1, 0.15) is 0 Å². The van der Waals surface area contributed by atoms with Gasteiger partial charge in [-0.3, -0.25) is 38.8 Å². The molecule has 13 heteroatoms. The molecule has 1 saturated heterocycles. The Kier molecular flexibility index (Phi) is 12.0. The summed E-state index contributed by atoms with van der Waals surface area (Å²) in [5, 5.41) is 46.4. The van der Waals surface area contributed by atoms with Crippen molar-refractivity contribution in [3.05, 3.63) is 0 Å². The van der Waals surface area contributed by atoms with Crippen LogP contribution in [-0.2, 0) is 19.2 Å². The molecule has 13 nitrogen and oxygen atoms in total. The van der Waals surface area contributed by atoms with E-state index in [2.05, 4.69) is 0 Å². The van der Waals surface area contributed by atoms with Crippen LogP contribution in [0.25, 0.3) is 0 Å². The number of carboxylic acid groups (broad SMARTS) is 4. The lowest BCUT2D eigenvalue weighted by atomic mass is 10.1. The zero-order chi connectivity index (χ0) is 23.4. The molecule has 1 aliphatic rings. The summed E-state index contributed by atoms with van der Waals surface area (Å²) in [6, 6.07) is -0.538. The highest BCUT2D eigenvalue weighted by Crippen LogP contribution is 2.11. The molecule has 1 unspecified atom stereocenters. The summed E-state index contributed by atoms with van der Waals surface area (Å²) in [5.41, 5.74) is 0. The van der Waals surface area contributed by atoms with Gasteiger partial charge < -0.3 is 25.5 Å². The fourth-order valence-electron chi connectivity index (χ4n) is 3.64. The average molecular weight is 448 g/mol. The van der Waals surface area contributed by atoms with Crippen LogP contribution in [-0.4, -0.2) is 147 Å². The van der Waals surface area contributed by atoms with Crippen LogP contribution < -0.4 is 0 Å². The normalized spacial score (nSPS) is 21.1. The van der Waals surface area contributed by atoms with Crippen molar-refractivity contribution >= 4 is 23.9 Å². The predicted octanol–water partition coefficient (Wildman–Crippen LogP) is -2.35. The lowest BCUT2D eigenvalue weighted by Crippen LogP contribution is -2.53. The van der Waals surface area contributed by atoms with Crippen LogP contribution >= 0.6 is 0 Å². The summed E-state index contributed by atoms with van der Waals surface area (Å²) < 4.78 is 0. The summed E-state index contributed by atoms with van der Waals surface area (Å²) in [7, 11) is 0. The lowest BCUT2D eigenvalue weighted by Gasteiger charge is -2.38. The van der Waals surface area contributed by atoms with Gasteiger partial charge in [-0.15, -0.1) is 0 Å². The molecule has 0 aliphatic carbocycles. The van der Waals surface area contributed by atoms with E-state index in [9.17, 15) is 39.6 Å². The first-order valence-corrected chi connectivity index (χ1v) is 9.99. The molecule has 31 heavy (non-hydrogen) atoms. The molecule has 0 aromatic carbocycles. The van der Waals surface area contributed by atoms with Crippen LogP contribution in [0.15, 0.2) is 0 Å². The highest BCUT2D eigenvalue weighted by Gasteiger charge is 2.27. The van der Waals surface area contributed by atoms with E-state index in [0.717, 1.165) is 0 Å². The molecule has 0 aromatic rings. The number of aliphatic hydroxyl groups excluding tert-OH is 1. The van der Waals surface area contributed by atoms with Gasteiger partial charge in [0.2, 0.25) is 0 Å². The zero-order valence-corrected chi connectivity index (χ0v) is 17.4. The number of carbonyl (C=O) groups is 4. The molecule has 0 bridgehead atoms. The minimum atomic E-state index is -1.12. The summed E-state index contributed by atoms with van der Waals surface area (Å²) in [6.45, 7) is -0.215. The standard InChI is InChI=1S/C18H32N4O9/c23-7-2-14-8-20(10-16(26)27)6-5-19(9-15(24)25)3-1-4-21(11-17(28)29)13-22(14)12-18(30)31/h14,23H,1-13H2,(H,24,25)(H,26,27)(H,28,29)(H,30,31). The van der Waals surface area contributed by atoms with Crippen molar-refractivity contribution < 1.29 is 44.7 Å². The highest BCUT2D eigenvalue weighted by atomic mass is 16.4. The van der Waals surface area contributed by atoms with Crippen LogP contribution in [0.1, 0.15) is 12.8 Å². The Morgan fingerprint density at radius 2 is 1.16 bits per heavy atom. The van der Waals surface area contributed by atoms with Crippen LogP contribution in [0.3, 0.4) is 0 Å². The SMILES string of the molecule is O=C(O)CN1CCCN(CC(=O)O)CN(CC(=O)O)C(CCO)CN(CC(=O)O)CC1. The summed E-state index contributed by atoms with van der Waals surface area (Å²) in [4.78, 5) is 51.5.